The van der Waals surface area contributed by atoms with E-state index < -0.39 is 17.6 Å². The summed E-state index contributed by atoms with van der Waals surface area (Å²) in [6.07, 6.45) is -3.82. The molecule has 2 atom stereocenters. The zero-order valence-corrected chi connectivity index (χ0v) is 11.3. The number of carbonyl (C=O) groups is 1. The Hall–Kier alpha value is -0.820. The molecule has 0 aliphatic carbocycles. The van der Waals surface area contributed by atoms with E-state index in [1.54, 1.807) is 0 Å². The molecule has 0 aliphatic heterocycles. The Kier molecular flexibility index (Phi) is 6.09. The van der Waals surface area contributed by atoms with Gasteiger partial charge in [-0.25, -0.2) is 0 Å². The van der Waals surface area contributed by atoms with Crippen molar-refractivity contribution < 1.29 is 18.0 Å². The van der Waals surface area contributed by atoms with Gasteiger partial charge >= 0.3 is 6.18 Å². The predicted octanol–water partition coefficient (Wildman–Crippen LogP) is 1.11. The van der Waals surface area contributed by atoms with E-state index in [0.717, 1.165) is 6.42 Å². The quantitative estimate of drug-likeness (QED) is 0.759. The summed E-state index contributed by atoms with van der Waals surface area (Å²) in [4.78, 5) is 13.3. The first-order valence-electron chi connectivity index (χ1n) is 5.88. The number of alkyl halides is 3. The Labute approximate surface area is 106 Å². The number of amides is 1. The fourth-order valence-electron chi connectivity index (χ4n) is 1.19. The molecule has 0 aromatic carbocycles. The summed E-state index contributed by atoms with van der Waals surface area (Å²) in [5.41, 5.74) is 2.14. The van der Waals surface area contributed by atoms with Gasteiger partial charge in [-0.15, -0.1) is 0 Å². The first-order chi connectivity index (χ1) is 8.04. The van der Waals surface area contributed by atoms with Crippen LogP contribution in [0.15, 0.2) is 0 Å². The van der Waals surface area contributed by atoms with Crippen LogP contribution in [-0.2, 0) is 4.79 Å². The van der Waals surface area contributed by atoms with Crippen molar-refractivity contribution in [2.75, 3.05) is 20.1 Å². The van der Waals surface area contributed by atoms with Gasteiger partial charge in [-0.2, -0.15) is 13.2 Å². The van der Waals surface area contributed by atoms with Crippen LogP contribution < -0.4 is 11.1 Å². The van der Waals surface area contributed by atoms with Crippen molar-refractivity contribution in [3.63, 3.8) is 0 Å². The highest BCUT2D eigenvalue weighted by molar-refractivity contribution is 5.86. The van der Waals surface area contributed by atoms with Gasteiger partial charge in [0.1, 0.15) is 0 Å². The van der Waals surface area contributed by atoms with Gasteiger partial charge < -0.3 is 16.0 Å². The van der Waals surface area contributed by atoms with Crippen LogP contribution in [0.3, 0.4) is 0 Å². The molecule has 0 saturated carbocycles. The highest BCUT2D eigenvalue weighted by atomic mass is 19.4. The Bertz CT molecular complexity index is 279. The van der Waals surface area contributed by atoms with Crippen LogP contribution in [0, 0.1) is 0 Å². The number of halogens is 3. The number of rotatable bonds is 6. The van der Waals surface area contributed by atoms with Crippen LogP contribution in [0.25, 0.3) is 0 Å². The Morgan fingerprint density at radius 1 is 1.44 bits per heavy atom. The SMILES string of the molecule is CCC(C)N(C)CCNC(=O)C(C)(N)C(F)(F)F. The fraction of sp³-hybridized carbons (Fsp3) is 0.909. The van der Waals surface area contributed by atoms with E-state index in [4.69, 9.17) is 5.73 Å². The molecule has 3 N–H and O–H groups in total. The third-order valence-electron chi connectivity index (χ3n) is 3.15. The van der Waals surface area contributed by atoms with Gasteiger partial charge in [0.05, 0.1) is 0 Å². The van der Waals surface area contributed by atoms with Gasteiger partial charge in [0.25, 0.3) is 0 Å². The van der Waals surface area contributed by atoms with Crippen molar-refractivity contribution in [3.8, 4) is 0 Å². The summed E-state index contributed by atoms with van der Waals surface area (Å²) in [6.45, 7) is 5.31. The van der Waals surface area contributed by atoms with Gasteiger partial charge in [0.2, 0.25) is 5.91 Å². The van der Waals surface area contributed by atoms with E-state index in [0.29, 0.717) is 19.5 Å². The van der Waals surface area contributed by atoms with E-state index >= 15 is 0 Å². The molecule has 0 heterocycles. The van der Waals surface area contributed by atoms with Crippen molar-refractivity contribution in [3.05, 3.63) is 0 Å². The molecular formula is C11H22F3N3O. The molecule has 18 heavy (non-hydrogen) atoms. The molecular weight excluding hydrogens is 247 g/mol. The maximum atomic E-state index is 12.5. The molecule has 2 unspecified atom stereocenters. The minimum absolute atomic E-state index is 0.141. The van der Waals surface area contributed by atoms with Gasteiger partial charge in [-0.05, 0) is 27.3 Å². The Balaban J connectivity index is 4.21. The van der Waals surface area contributed by atoms with Crippen LogP contribution in [0.4, 0.5) is 13.2 Å². The molecule has 0 aromatic heterocycles. The van der Waals surface area contributed by atoms with E-state index in [2.05, 4.69) is 5.32 Å². The molecule has 0 fully saturated rings. The number of nitrogens with zero attached hydrogens (tertiary/aromatic N) is 1. The van der Waals surface area contributed by atoms with Crippen LogP contribution in [-0.4, -0.2) is 48.7 Å². The van der Waals surface area contributed by atoms with Crippen molar-refractivity contribution in [1.29, 1.82) is 0 Å². The summed E-state index contributed by atoms with van der Waals surface area (Å²) in [5, 5.41) is 2.21. The number of hydrogen-bond acceptors (Lipinski definition) is 3. The molecule has 0 bridgehead atoms. The minimum Gasteiger partial charge on any atom is -0.353 e. The molecule has 0 spiro atoms. The number of nitrogens with one attached hydrogen (secondary N) is 1. The number of carbonyl (C=O) groups excluding carboxylic acids is 1. The summed E-state index contributed by atoms with van der Waals surface area (Å²) in [6, 6.07) is 0.314. The lowest BCUT2D eigenvalue weighted by atomic mass is 10.0. The zero-order chi connectivity index (χ0) is 14.6. The van der Waals surface area contributed by atoms with Crippen LogP contribution in [0.1, 0.15) is 27.2 Å². The van der Waals surface area contributed by atoms with E-state index in [-0.39, 0.29) is 6.54 Å². The number of hydrogen-bond donors (Lipinski definition) is 2. The largest absolute Gasteiger partial charge is 0.415 e. The van der Waals surface area contributed by atoms with Crippen LogP contribution in [0.2, 0.25) is 0 Å². The maximum absolute atomic E-state index is 12.5. The van der Waals surface area contributed by atoms with Crippen LogP contribution in [0.5, 0.6) is 0 Å². The van der Waals surface area contributed by atoms with Gasteiger partial charge in [0, 0.05) is 19.1 Å². The van der Waals surface area contributed by atoms with Crippen molar-refractivity contribution in [1.82, 2.24) is 10.2 Å². The van der Waals surface area contributed by atoms with Gasteiger partial charge in [0.15, 0.2) is 5.54 Å². The molecule has 0 aliphatic rings. The normalized spacial score (nSPS) is 17.4. The summed E-state index contributed by atoms with van der Waals surface area (Å²) in [7, 11) is 1.85. The van der Waals surface area contributed by atoms with Crippen LogP contribution >= 0.6 is 0 Å². The maximum Gasteiger partial charge on any atom is 0.415 e. The summed E-state index contributed by atoms with van der Waals surface area (Å²) >= 11 is 0. The lowest BCUT2D eigenvalue weighted by molar-refractivity contribution is -0.187. The summed E-state index contributed by atoms with van der Waals surface area (Å²) in [5.74, 6) is -1.20. The van der Waals surface area contributed by atoms with Gasteiger partial charge in [-0.3, -0.25) is 4.79 Å². The highest BCUT2D eigenvalue weighted by Gasteiger charge is 2.53. The van der Waals surface area contributed by atoms with E-state index in [1.165, 1.54) is 0 Å². The average molecular weight is 269 g/mol. The minimum atomic E-state index is -4.75. The second-order valence-corrected chi connectivity index (χ2v) is 4.69. The average Bonchev–Trinajstić information content (AvgIpc) is 2.25. The molecule has 0 aromatic rings. The van der Waals surface area contributed by atoms with Gasteiger partial charge in [-0.1, -0.05) is 6.92 Å². The first kappa shape index (κ1) is 17.2. The Morgan fingerprint density at radius 3 is 2.33 bits per heavy atom. The third kappa shape index (κ3) is 4.45. The molecule has 7 heteroatoms. The monoisotopic (exact) mass is 269 g/mol. The van der Waals surface area contributed by atoms with Crippen molar-refractivity contribution in [2.24, 2.45) is 5.73 Å². The first-order valence-corrected chi connectivity index (χ1v) is 5.88. The molecule has 0 saturated heterocycles. The molecule has 4 nitrogen and oxygen atoms in total. The van der Waals surface area contributed by atoms with E-state index in [9.17, 15) is 18.0 Å². The second kappa shape index (κ2) is 6.38. The van der Waals surface area contributed by atoms with E-state index in [1.807, 2.05) is 25.8 Å². The van der Waals surface area contributed by atoms with Crippen molar-refractivity contribution >= 4 is 5.91 Å². The highest BCUT2D eigenvalue weighted by Crippen LogP contribution is 2.27. The number of likely N-dealkylation sites (N-methyl/N-ethyl adjacent to an activating group) is 1. The Morgan fingerprint density at radius 2 is 1.94 bits per heavy atom. The lowest BCUT2D eigenvalue weighted by Gasteiger charge is -2.27. The predicted molar refractivity (Wildman–Crippen MR) is 64.0 cm³/mol. The molecule has 108 valence electrons. The standard InChI is InChI=1S/C11H22F3N3O/c1-5-8(2)17(4)7-6-16-9(18)10(3,15)11(12,13)14/h8H,5-7,15H2,1-4H3,(H,16,18). The third-order valence-corrected chi connectivity index (χ3v) is 3.15. The summed E-state index contributed by atoms with van der Waals surface area (Å²) < 4.78 is 37.4. The molecule has 1 amide bonds. The number of nitrogens with two attached hydrogens (primary N) is 1. The topological polar surface area (TPSA) is 58.4 Å². The lowest BCUT2D eigenvalue weighted by Crippen LogP contribution is -2.61. The fourth-order valence-corrected chi connectivity index (χ4v) is 1.19. The molecule has 0 radical (unpaired) electrons. The smallest absolute Gasteiger partial charge is 0.353 e. The molecule has 0 rings (SSSR count). The zero-order valence-electron chi connectivity index (χ0n) is 11.3. The second-order valence-electron chi connectivity index (χ2n) is 4.69. The van der Waals surface area contributed by atoms with Crippen molar-refractivity contribution in [2.45, 2.75) is 44.9 Å².